The summed E-state index contributed by atoms with van der Waals surface area (Å²) < 4.78 is 19.6. The van der Waals surface area contributed by atoms with Crippen LogP contribution in [0.5, 0.6) is 5.75 Å². The van der Waals surface area contributed by atoms with E-state index in [1.165, 1.54) is 18.6 Å². The van der Waals surface area contributed by atoms with Crippen LogP contribution in [0, 0.1) is 32.7 Å². The smallest absolute Gasteiger partial charge is 0.346 e. The van der Waals surface area contributed by atoms with Crippen LogP contribution in [0.15, 0.2) is 18.2 Å². The zero-order valence-corrected chi connectivity index (χ0v) is 12.6. The maximum atomic E-state index is 13.7. The first kappa shape index (κ1) is 14.3. The SMILES string of the molecule is CC1(C)C2CCC1(C)C(Oc1cccc(F)c1[N+](=O)[O-])C2. The van der Waals surface area contributed by atoms with Gasteiger partial charge in [0.15, 0.2) is 0 Å². The first-order valence-corrected chi connectivity index (χ1v) is 7.37. The van der Waals surface area contributed by atoms with Gasteiger partial charge in [0.2, 0.25) is 11.6 Å². The summed E-state index contributed by atoms with van der Waals surface area (Å²) in [4.78, 5) is 10.4. The Morgan fingerprint density at radius 1 is 1.38 bits per heavy atom. The van der Waals surface area contributed by atoms with E-state index < -0.39 is 16.4 Å². The van der Waals surface area contributed by atoms with Crippen LogP contribution in [-0.4, -0.2) is 11.0 Å². The molecule has 0 spiro atoms. The third-order valence-electron chi connectivity index (χ3n) is 6.12. The van der Waals surface area contributed by atoms with Crippen LogP contribution in [0.4, 0.5) is 10.1 Å². The average molecular weight is 293 g/mol. The van der Waals surface area contributed by atoms with Crippen LogP contribution in [0.3, 0.4) is 0 Å². The lowest BCUT2D eigenvalue weighted by Gasteiger charge is -2.38. The molecule has 21 heavy (non-hydrogen) atoms. The predicted octanol–water partition coefficient (Wildman–Crippen LogP) is 4.33. The van der Waals surface area contributed by atoms with Gasteiger partial charge >= 0.3 is 5.69 Å². The number of hydrogen-bond acceptors (Lipinski definition) is 3. The highest BCUT2D eigenvalue weighted by Crippen LogP contribution is 2.66. The Morgan fingerprint density at radius 2 is 2.10 bits per heavy atom. The fraction of sp³-hybridized carbons (Fsp3) is 0.625. The van der Waals surface area contributed by atoms with Crippen molar-refractivity contribution in [2.75, 3.05) is 0 Å². The van der Waals surface area contributed by atoms with Crippen LogP contribution < -0.4 is 4.74 Å². The Balaban J connectivity index is 1.93. The normalized spacial score (nSPS) is 33.1. The fourth-order valence-electron chi connectivity index (χ4n) is 4.23. The maximum absolute atomic E-state index is 13.7. The quantitative estimate of drug-likeness (QED) is 0.615. The molecule has 2 aliphatic carbocycles. The Labute approximate surface area is 123 Å². The molecule has 3 unspecified atom stereocenters. The van der Waals surface area contributed by atoms with E-state index in [-0.39, 0.29) is 22.7 Å². The number of fused-ring (bicyclic) bond motifs is 2. The Kier molecular flexibility index (Phi) is 3.01. The molecule has 1 aromatic carbocycles. The van der Waals surface area contributed by atoms with Crippen molar-refractivity contribution in [2.24, 2.45) is 16.7 Å². The van der Waals surface area contributed by atoms with Gasteiger partial charge in [-0.15, -0.1) is 0 Å². The van der Waals surface area contributed by atoms with E-state index in [2.05, 4.69) is 20.8 Å². The number of nitro benzene ring substituents is 1. The zero-order valence-electron chi connectivity index (χ0n) is 12.6. The van der Waals surface area contributed by atoms with E-state index in [1.54, 1.807) is 0 Å². The molecule has 0 amide bonds. The first-order chi connectivity index (χ1) is 9.77. The van der Waals surface area contributed by atoms with E-state index in [9.17, 15) is 14.5 Å². The van der Waals surface area contributed by atoms with Crippen LogP contribution >= 0.6 is 0 Å². The van der Waals surface area contributed by atoms with Gasteiger partial charge in [-0.25, -0.2) is 0 Å². The minimum absolute atomic E-state index is 0.0160. The van der Waals surface area contributed by atoms with Crippen molar-refractivity contribution >= 4 is 5.69 Å². The highest BCUT2D eigenvalue weighted by atomic mass is 19.1. The molecule has 0 radical (unpaired) electrons. The van der Waals surface area contributed by atoms with Crippen LogP contribution in [-0.2, 0) is 0 Å². The van der Waals surface area contributed by atoms with Crippen molar-refractivity contribution in [1.82, 2.24) is 0 Å². The predicted molar refractivity (Wildman–Crippen MR) is 76.7 cm³/mol. The van der Waals surface area contributed by atoms with Gasteiger partial charge in [0.1, 0.15) is 6.10 Å². The summed E-state index contributed by atoms with van der Waals surface area (Å²) in [5.41, 5.74) is -0.417. The lowest BCUT2D eigenvalue weighted by molar-refractivity contribution is -0.388. The van der Waals surface area contributed by atoms with Gasteiger partial charge in [-0.05, 0) is 42.7 Å². The van der Waals surface area contributed by atoms with Crippen molar-refractivity contribution in [3.63, 3.8) is 0 Å². The molecule has 2 aliphatic rings. The van der Waals surface area contributed by atoms with Crippen molar-refractivity contribution in [3.05, 3.63) is 34.1 Å². The van der Waals surface area contributed by atoms with Crippen molar-refractivity contribution in [1.29, 1.82) is 0 Å². The van der Waals surface area contributed by atoms with E-state index in [1.807, 2.05) is 0 Å². The standard InChI is InChI=1S/C16H20FNO3/c1-15(2)10-7-8-16(15,3)13(9-10)21-12-6-4-5-11(17)14(12)18(19)20/h4-6,10,13H,7-9H2,1-3H3. The van der Waals surface area contributed by atoms with Crippen molar-refractivity contribution in [2.45, 2.75) is 46.1 Å². The highest BCUT2D eigenvalue weighted by Gasteiger charge is 2.62. The second kappa shape index (κ2) is 4.42. The van der Waals surface area contributed by atoms with Crippen LogP contribution in [0.1, 0.15) is 40.0 Å². The average Bonchev–Trinajstić information content (AvgIpc) is 2.71. The molecule has 3 atom stereocenters. The van der Waals surface area contributed by atoms with E-state index >= 15 is 0 Å². The number of rotatable bonds is 3. The molecule has 0 N–H and O–H groups in total. The summed E-state index contributed by atoms with van der Waals surface area (Å²) >= 11 is 0. The Morgan fingerprint density at radius 3 is 2.62 bits per heavy atom. The molecule has 2 saturated carbocycles. The molecular weight excluding hydrogens is 273 g/mol. The second-order valence-electron chi connectivity index (χ2n) is 7.06. The van der Waals surface area contributed by atoms with Gasteiger partial charge < -0.3 is 4.74 Å². The highest BCUT2D eigenvalue weighted by molar-refractivity contribution is 5.47. The topological polar surface area (TPSA) is 52.4 Å². The molecule has 4 nitrogen and oxygen atoms in total. The van der Waals surface area contributed by atoms with Gasteiger partial charge in [-0.3, -0.25) is 10.1 Å². The molecule has 5 heteroatoms. The molecular formula is C16H20FNO3. The Bertz CT molecular complexity index is 601. The van der Waals surface area contributed by atoms with Gasteiger partial charge in [0, 0.05) is 5.41 Å². The number of para-hydroxylation sites is 1. The van der Waals surface area contributed by atoms with E-state index in [0.717, 1.165) is 18.9 Å². The Hall–Kier alpha value is -1.65. The summed E-state index contributed by atoms with van der Waals surface area (Å²) in [6.07, 6.45) is 3.02. The molecule has 1 aromatic rings. The van der Waals surface area contributed by atoms with Gasteiger partial charge in [0.05, 0.1) is 4.92 Å². The minimum Gasteiger partial charge on any atom is -0.483 e. The number of halogens is 1. The molecule has 0 aliphatic heterocycles. The summed E-state index contributed by atoms with van der Waals surface area (Å²) in [6.45, 7) is 6.68. The largest absolute Gasteiger partial charge is 0.483 e. The molecule has 2 bridgehead atoms. The van der Waals surface area contributed by atoms with Gasteiger partial charge in [-0.2, -0.15) is 4.39 Å². The van der Waals surface area contributed by atoms with Crippen LogP contribution in [0.25, 0.3) is 0 Å². The van der Waals surface area contributed by atoms with Gasteiger partial charge in [-0.1, -0.05) is 26.8 Å². The lowest BCUT2D eigenvalue weighted by atomic mass is 9.70. The summed E-state index contributed by atoms with van der Waals surface area (Å²) in [6, 6.07) is 4.04. The zero-order chi connectivity index (χ0) is 15.4. The third kappa shape index (κ3) is 1.86. The number of nitrogens with zero attached hydrogens (tertiary/aromatic N) is 1. The molecule has 3 rings (SSSR count). The summed E-state index contributed by atoms with van der Waals surface area (Å²) in [5, 5.41) is 11.1. The monoisotopic (exact) mass is 293 g/mol. The summed E-state index contributed by atoms with van der Waals surface area (Å²) in [7, 11) is 0. The van der Waals surface area contributed by atoms with Crippen molar-refractivity contribution < 1.29 is 14.1 Å². The van der Waals surface area contributed by atoms with E-state index in [0.29, 0.717) is 5.92 Å². The van der Waals surface area contributed by atoms with E-state index in [4.69, 9.17) is 4.74 Å². The number of nitro groups is 1. The van der Waals surface area contributed by atoms with Gasteiger partial charge in [0.25, 0.3) is 0 Å². The number of benzene rings is 1. The molecule has 0 heterocycles. The lowest BCUT2D eigenvalue weighted by Crippen LogP contribution is -2.39. The first-order valence-electron chi connectivity index (χ1n) is 7.37. The minimum atomic E-state index is -0.843. The molecule has 0 saturated heterocycles. The number of hydrogen-bond donors (Lipinski definition) is 0. The van der Waals surface area contributed by atoms with Crippen LogP contribution in [0.2, 0.25) is 0 Å². The molecule has 0 aromatic heterocycles. The fourth-order valence-corrected chi connectivity index (χ4v) is 4.23. The molecule has 2 fully saturated rings. The summed E-state index contributed by atoms with van der Waals surface area (Å²) in [5.74, 6) is -0.222. The molecule has 114 valence electrons. The second-order valence-corrected chi connectivity index (χ2v) is 7.06. The maximum Gasteiger partial charge on any atom is 0.346 e. The van der Waals surface area contributed by atoms with Crippen molar-refractivity contribution in [3.8, 4) is 5.75 Å². The number of ether oxygens (including phenoxy) is 1. The third-order valence-corrected chi connectivity index (χ3v) is 6.12.